The van der Waals surface area contributed by atoms with Gasteiger partial charge in [0.2, 0.25) is 5.91 Å². The molecule has 14 heavy (non-hydrogen) atoms. The maximum Gasteiger partial charge on any atom is 1.00 e. The monoisotopic (exact) mass is 219 g/mol. The summed E-state index contributed by atoms with van der Waals surface area (Å²) in [5.74, 6) is -0.375. The molecule has 1 rings (SSSR count). The first-order valence-corrected chi connectivity index (χ1v) is 4.06. The van der Waals surface area contributed by atoms with E-state index in [0.29, 0.717) is 5.56 Å². The van der Waals surface area contributed by atoms with Crippen LogP contribution in [0.3, 0.4) is 0 Å². The van der Waals surface area contributed by atoms with Gasteiger partial charge in [0.15, 0.2) is 0 Å². The molecule has 2 nitrogen and oxygen atoms in total. The van der Waals surface area contributed by atoms with Gasteiger partial charge < -0.3 is 13.2 Å². The molecule has 0 radical (unpaired) electrons. The first-order chi connectivity index (χ1) is 5.70. The number of rotatable bonds is 1. The van der Waals surface area contributed by atoms with Crippen molar-refractivity contribution in [2.24, 2.45) is 5.73 Å². The van der Waals surface area contributed by atoms with Crippen molar-refractivity contribution in [2.45, 2.75) is 20.8 Å². The van der Waals surface area contributed by atoms with Crippen molar-refractivity contribution in [3.63, 3.8) is 0 Å². The van der Waals surface area contributed by atoms with E-state index in [0.717, 1.165) is 5.56 Å². The summed E-state index contributed by atoms with van der Waals surface area (Å²) in [5.41, 5.74) is 6.72. The number of nitrogens with two attached hydrogens (primary N) is 1. The van der Waals surface area contributed by atoms with E-state index in [1.807, 2.05) is 32.9 Å². The van der Waals surface area contributed by atoms with Gasteiger partial charge in [0.1, 0.15) is 0 Å². The maximum absolute atomic E-state index is 10.5. The third-order valence-corrected chi connectivity index (χ3v) is 1.34. The second kappa shape index (κ2) is 11.4. The number of aryl methyl sites for hydroxylation is 1. The molecule has 1 aromatic rings. The van der Waals surface area contributed by atoms with Crippen LogP contribution in [0.5, 0.6) is 0 Å². The van der Waals surface area contributed by atoms with Crippen molar-refractivity contribution in [2.75, 3.05) is 0 Å². The number of amides is 1. The van der Waals surface area contributed by atoms with Crippen molar-refractivity contribution in [1.82, 2.24) is 0 Å². The Balaban J connectivity index is -0.000000284. The number of benzene rings is 1. The molecule has 0 aromatic heterocycles. The van der Waals surface area contributed by atoms with Crippen LogP contribution in [0.1, 0.15) is 29.8 Å². The van der Waals surface area contributed by atoms with Crippen LogP contribution >= 0.6 is 0 Å². The van der Waals surface area contributed by atoms with Crippen LogP contribution in [-0.4, -0.2) is 5.91 Å². The van der Waals surface area contributed by atoms with Gasteiger partial charge in [-0.05, 0) is 19.1 Å². The van der Waals surface area contributed by atoms with Crippen LogP contribution in [0.25, 0.3) is 0 Å². The van der Waals surface area contributed by atoms with Crippen LogP contribution in [0.4, 0.5) is 0 Å². The summed E-state index contributed by atoms with van der Waals surface area (Å²) in [4.78, 5) is 10.5. The third kappa shape index (κ3) is 7.70. The van der Waals surface area contributed by atoms with Crippen molar-refractivity contribution < 1.29 is 56.2 Å². The maximum atomic E-state index is 10.5. The standard InChI is InChI=1S/C8H9NO.C2H6.CH3.K/c1-6-2-4-7(5-3-6)8(9)10;1-2;;/h2-5H,1H3,(H2,9,10);1-2H3;1H3;/q;;-1;+1. The molecular formula is C11H18KNO. The van der Waals surface area contributed by atoms with E-state index in [9.17, 15) is 4.79 Å². The fourth-order valence-electron chi connectivity index (χ4n) is 0.718. The number of carbonyl (C=O) groups is 1. The summed E-state index contributed by atoms with van der Waals surface area (Å²) >= 11 is 0. The number of primary amides is 1. The Bertz CT molecular complexity index is 244. The molecule has 0 saturated carbocycles. The normalized spacial score (nSPS) is 7.07. The fraction of sp³-hybridized carbons (Fsp3) is 0.273. The summed E-state index contributed by atoms with van der Waals surface area (Å²) < 4.78 is 0. The van der Waals surface area contributed by atoms with Gasteiger partial charge in [-0.3, -0.25) is 4.79 Å². The minimum absolute atomic E-state index is 0. The number of hydrogen-bond acceptors (Lipinski definition) is 1. The van der Waals surface area contributed by atoms with E-state index < -0.39 is 0 Å². The van der Waals surface area contributed by atoms with Crippen LogP contribution < -0.4 is 57.1 Å². The van der Waals surface area contributed by atoms with Crippen molar-refractivity contribution >= 4 is 5.91 Å². The average Bonchev–Trinajstić information content (AvgIpc) is 2.09. The summed E-state index contributed by atoms with van der Waals surface area (Å²) in [6, 6.07) is 7.16. The largest absolute Gasteiger partial charge is 1.00 e. The Morgan fingerprint density at radius 3 is 1.79 bits per heavy atom. The molecular weight excluding hydrogens is 201 g/mol. The SMILES string of the molecule is CC.Cc1ccc(C(N)=O)cc1.[CH3-].[K+]. The first-order valence-electron chi connectivity index (χ1n) is 4.06. The molecule has 1 amide bonds. The molecule has 0 saturated heterocycles. The van der Waals surface area contributed by atoms with E-state index >= 15 is 0 Å². The molecule has 0 aliphatic carbocycles. The van der Waals surface area contributed by atoms with Crippen molar-refractivity contribution in [1.29, 1.82) is 0 Å². The summed E-state index contributed by atoms with van der Waals surface area (Å²) in [5, 5.41) is 0. The zero-order valence-corrected chi connectivity index (χ0v) is 12.9. The Morgan fingerprint density at radius 1 is 1.14 bits per heavy atom. The molecule has 0 spiro atoms. The molecule has 0 bridgehead atoms. The van der Waals surface area contributed by atoms with Gasteiger partial charge in [-0.15, -0.1) is 0 Å². The van der Waals surface area contributed by atoms with Gasteiger partial charge in [0, 0.05) is 5.56 Å². The minimum Gasteiger partial charge on any atom is -0.366 e. The predicted octanol–water partition coefficient (Wildman–Crippen LogP) is -0.426. The van der Waals surface area contributed by atoms with Crippen molar-refractivity contribution in [3.8, 4) is 0 Å². The molecule has 0 aliphatic rings. The second-order valence-electron chi connectivity index (χ2n) is 2.23. The van der Waals surface area contributed by atoms with Gasteiger partial charge in [0.05, 0.1) is 0 Å². The molecule has 0 aliphatic heterocycles. The fourth-order valence-corrected chi connectivity index (χ4v) is 0.718. The van der Waals surface area contributed by atoms with Crippen LogP contribution in [0.15, 0.2) is 24.3 Å². The Morgan fingerprint density at radius 2 is 1.50 bits per heavy atom. The zero-order valence-electron chi connectivity index (χ0n) is 9.79. The van der Waals surface area contributed by atoms with Gasteiger partial charge in [-0.1, -0.05) is 31.5 Å². The van der Waals surface area contributed by atoms with Gasteiger partial charge >= 0.3 is 51.4 Å². The first kappa shape index (κ1) is 19.8. The van der Waals surface area contributed by atoms with Crippen LogP contribution in [-0.2, 0) is 0 Å². The molecule has 0 atom stereocenters. The topological polar surface area (TPSA) is 43.1 Å². The third-order valence-electron chi connectivity index (χ3n) is 1.34. The number of hydrogen-bond donors (Lipinski definition) is 1. The van der Waals surface area contributed by atoms with E-state index in [1.165, 1.54) is 0 Å². The Hall–Kier alpha value is 0.326. The van der Waals surface area contributed by atoms with Gasteiger partial charge in [-0.25, -0.2) is 0 Å². The predicted molar refractivity (Wildman–Crippen MR) is 57.5 cm³/mol. The minimum atomic E-state index is -0.375. The van der Waals surface area contributed by atoms with E-state index in [2.05, 4.69) is 0 Å². The molecule has 0 heterocycles. The molecule has 2 N–H and O–H groups in total. The van der Waals surface area contributed by atoms with E-state index in [4.69, 9.17) is 5.73 Å². The Kier molecular flexibility index (Phi) is 16.2. The molecule has 0 unspecified atom stereocenters. The summed E-state index contributed by atoms with van der Waals surface area (Å²) in [7, 11) is 0. The second-order valence-corrected chi connectivity index (χ2v) is 2.23. The molecule has 1 aromatic carbocycles. The Labute approximate surface area is 130 Å². The van der Waals surface area contributed by atoms with Crippen molar-refractivity contribution in [3.05, 3.63) is 42.8 Å². The zero-order chi connectivity index (χ0) is 9.56. The molecule has 74 valence electrons. The molecule has 0 fully saturated rings. The van der Waals surface area contributed by atoms with Crippen LogP contribution in [0, 0.1) is 14.4 Å². The summed E-state index contributed by atoms with van der Waals surface area (Å²) in [6.45, 7) is 5.96. The smallest absolute Gasteiger partial charge is 0.366 e. The number of carbonyl (C=O) groups excluding carboxylic acids is 1. The molecule has 3 heteroatoms. The van der Waals surface area contributed by atoms with Gasteiger partial charge in [-0.2, -0.15) is 0 Å². The quantitative estimate of drug-likeness (QED) is 0.506. The van der Waals surface area contributed by atoms with Crippen LogP contribution in [0.2, 0.25) is 0 Å². The van der Waals surface area contributed by atoms with E-state index in [-0.39, 0.29) is 64.7 Å². The summed E-state index contributed by atoms with van der Waals surface area (Å²) in [6.07, 6.45) is 0. The van der Waals surface area contributed by atoms with E-state index in [1.54, 1.807) is 12.1 Å². The average molecular weight is 219 g/mol. The van der Waals surface area contributed by atoms with Gasteiger partial charge in [0.25, 0.3) is 0 Å².